The highest BCUT2D eigenvalue weighted by molar-refractivity contribution is 7.93. The molecule has 2 aromatic carbocycles. The molecule has 3 aromatic rings. The molecule has 0 saturated carbocycles. The van der Waals surface area contributed by atoms with Gasteiger partial charge in [-0.05, 0) is 24.2 Å². The van der Waals surface area contributed by atoms with E-state index in [1.807, 2.05) is 6.07 Å². The van der Waals surface area contributed by atoms with Crippen LogP contribution in [0.4, 0.5) is 0 Å². The molecule has 178 valence electrons. The van der Waals surface area contributed by atoms with E-state index in [-0.39, 0.29) is 12.1 Å². The number of nitrogens with two attached hydrogens (primary N) is 3. The van der Waals surface area contributed by atoms with Crippen LogP contribution < -0.4 is 38.5 Å². The molecule has 1 fully saturated rings. The van der Waals surface area contributed by atoms with Gasteiger partial charge in [0.15, 0.2) is 9.84 Å². The molecular weight excluding hydrogens is 470 g/mol. The third-order valence-corrected chi connectivity index (χ3v) is 8.10. The number of hydrogen-bond acceptors (Lipinski definition) is 11. The number of imidazole rings is 1. The molecule has 13 nitrogen and oxygen atoms in total. The molecule has 0 aliphatic carbocycles. The molecule has 0 spiro atoms. The molecular formula is C18H25N9O4S2. The van der Waals surface area contributed by atoms with Crippen LogP contribution >= 0.6 is 0 Å². The van der Waals surface area contributed by atoms with Crippen molar-refractivity contribution < 1.29 is 16.8 Å². The maximum absolute atomic E-state index is 12.9. The van der Waals surface area contributed by atoms with Gasteiger partial charge in [0, 0.05) is 24.1 Å². The topological polar surface area (TPSA) is 223 Å². The molecule has 1 aromatic heterocycles. The van der Waals surface area contributed by atoms with Crippen molar-refractivity contribution in [2.75, 3.05) is 18.8 Å². The van der Waals surface area contributed by atoms with Crippen LogP contribution in [0.2, 0.25) is 0 Å². The first-order valence-corrected chi connectivity index (χ1v) is 13.2. The summed E-state index contributed by atoms with van der Waals surface area (Å²) in [7, 11) is -8.53. The lowest BCUT2D eigenvalue weighted by atomic mass is 9.96. The van der Waals surface area contributed by atoms with Gasteiger partial charge in [0.1, 0.15) is 16.9 Å². The van der Waals surface area contributed by atoms with Gasteiger partial charge in [-0.3, -0.25) is 0 Å². The molecule has 0 atom stereocenters. The van der Waals surface area contributed by atoms with E-state index in [4.69, 9.17) is 16.6 Å². The van der Waals surface area contributed by atoms with E-state index in [1.165, 1.54) is 6.07 Å². The number of rotatable bonds is 8. The zero-order valence-electron chi connectivity index (χ0n) is 17.4. The van der Waals surface area contributed by atoms with Crippen molar-refractivity contribution >= 4 is 30.9 Å². The van der Waals surface area contributed by atoms with Gasteiger partial charge in [-0.15, -0.1) is 0 Å². The molecule has 0 amide bonds. The highest BCUT2D eigenvalue weighted by Gasteiger charge is 2.34. The van der Waals surface area contributed by atoms with Crippen LogP contribution in [0.25, 0.3) is 22.2 Å². The summed E-state index contributed by atoms with van der Waals surface area (Å²) >= 11 is 0. The van der Waals surface area contributed by atoms with Crippen molar-refractivity contribution in [3.05, 3.63) is 41.7 Å². The van der Waals surface area contributed by atoms with Gasteiger partial charge in [-0.25, -0.2) is 37.8 Å². The van der Waals surface area contributed by atoms with E-state index in [0.717, 1.165) is 5.52 Å². The number of H-pyrrole nitrogens is 1. The number of nitrogens with zero attached hydrogens (tertiary/aromatic N) is 1. The summed E-state index contributed by atoms with van der Waals surface area (Å²) in [6, 6.07) is 8.17. The number of aromatic amines is 1. The number of sulfonamides is 1. The Labute approximate surface area is 190 Å². The second kappa shape index (κ2) is 9.05. The molecule has 1 aliphatic heterocycles. The van der Waals surface area contributed by atoms with Crippen LogP contribution in [0, 0.1) is 0 Å². The molecule has 1 saturated heterocycles. The fourth-order valence-electron chi connectivity index (χ4n) is 3.86. The summed E-state index contributed by atoms with van der Waals surface area (Å²) in [5.41, 5.74) is 24.4. The summed E-state index contributed by atoms with van der Waals surface area (Å²) in [6.45, 7) is 0.222. The first kappa shape index (κ1) is 23.7. The first-order chi connectivity index (χ1) is 15.7. The third-order valence-electron chi connectivity index (χ3n) is 5.18. The highest BCUT2D eigenvalue weighted by Crippen LogP contribution is 2.39. The molecule has 0 bridgehead atoms. The molecule has 0 radical (unpaired) electrons. The lowest BCUT2D eigenvalue weighted by Crippen LogP contribution is -2.33. The Morgan fingerprint density at radius 3 is 2.30 bits per heavy atom. The molecule has 4 rings (SSSR count). The first-order valence-electron chi connectivity index (χ1n) is 9.99. The molecule has 2 heterocycles. The number of hydrogen-bond donors (Lipinski definition) is 8. The standard InChI is InChI=1S/C18H25N9O4S2/c19-7-6-14-22-12-3-1-2-11(16(12)23-14)10-4-5-13(32(28,29)9-8-20)17(33(21,30)31)15(10)18-24-26-27-25-18/h1-5,18,24-27H,6-9,19-20H2,(H,22,23)(H2,21,30,31). The second-order valence-corrected chi connectivity index (χ2v) is 11.0. The lowest BCUT2D eigenvalue weighted by Gasteiger charge is -2.21. The maximum Gasteiger partial charge on any atom is 0.239 e. The summed E-state index contributed by atoms with van der Waals surface area (Å²) < 4.78 is 51.3. The van der Waals surface area contributed by atoms with E-state index in [1.54, 1.807) is 18.2 Å². The van der Waals surface area contributed by atoms with Crippen molar-refractivity contribution in [3.63, 3.8) is 0 Å². The Balaban J connectivity index is 2.08. The van der Waals surface area contributed by atoms with Crippen molar-refractivity contribution in [1.82, 2.24) is 31.9 Å². The van der Waals surface area contributed by atoms with Crippen molar-refractivity contribution in [2.24, 2.45) is 16.6 Å². The van der Waals surface area contributed by atoms with Gasteiger partial charge >= 0.3 is 0 Å². The smallest absolute Gasteiger partial charge is 0.239 e. The van der Waals surface area contributed by atoms with Gasteiger partial charge in [-0.1, -0.05) is 18.2 Å². The summed E-state index contributed by atoms with van der Waals surface area (Å²) in [6.07, 6.45) is -0.321. The molecule has 0 unspecified atom stereocenters. The molecule has 15 heteroatoms. The fourth-order valence-corrected chi connectivity index (χ4v) is 6.67. The number of para-hydroxylation sites is 1. The molecule has 1 aliphatic rings. The van der Waals surface area contributed by atoms with Crippen LogP contribution in [0.5, 0.6) is 0 Å². The number of nitrogens with one attached hydrogen (secondary N) is 5. The fraction of sp³-hybridized carbons (Fsp3) is 0.278. The number of primary sulfonamides is 1. The minimum atomic E-state index is -4.49. The molecule has 11 N–H and O–H groups in total. The van der Waals surface area contributed by atoms with Gasteiger partial charge in [0.25, 0.3) is 0 Å². The monoisotopic (exact) mass is 495 g/mol. The van der Waals surface area contributed by atoms with Crippen molar-refractivity contribution in [3.8, 4) is 11.1 Å². The summed E-state index contributed by atoms with van der Waals surface area (Å²) in [5, 5.41) is 5.57. The number of hydrazine groups is 3. The van der Waals surface area contributed by atoms with Gasteiger partial charge < -0.3 is 16.5 Å². The quantitative estimate of drug-likeness (QED) is 0.174. The highest BCUT2D eigenvalue weighted by atomic mass is 32.2. The van der Waals surface area contributed by atoms with E-state index >= 15 is 0 Å². The molecule has 33 heavy (non-hydrogen) atoms. The Hall–Kier alpha value is -2.47. The van der Waals surface area contributed by atoms with Crippen LogP contribution in [0.15, 0.2) is 40.1 Å². The predicted molar refractivity (Wildman–Crippen MR) is 122 cm³/mol. The normalized spacial score (nSPS) is 15.5. The Kier molecular flexibility index (Phi) is 6.50. The summed E-state index contributed by atoms with van der Waals surface area (Å²) in [4.78, 5) is 6.88. The zero-order valence-corrected chi connectivity index (χ0v) is 19.1. The van der Waals surface area contributed by atoms with E-state index < -0.39 is 41.6 Å². The average molecular weight is 496 g/mol. The largest absolute Gasteiger partial charge is 0.342 e. The van der Waals surface area contributed by atoms with E-state index in [2.05, 4.69) is 31.9 Å². The lowest BCUT2D eigenvalue weighted by molar-refractivity contribution is 0.534. The second-order valence-electron chi connectivity index (χ2n) is 7.40. The van der Waals surface area contributed by atoms with E-state index in [9.17, 15) is 16.8 Å². The predicted octanol–water partition coefficient (Wildman–Crippen LogP) is -1.77. The SMILES string of the molecule is NCCc1nc2c(-c3ccc(S(=O)(=O)CCN)c(S(N)(=O)=O)c3C3NNNN3)cccc2[nH]1. The van der Waals surface area contributed by atoms with Crippen LogP contribution in [0.3, 0.4) is 0 Å². The number of sulfone groups is 1. The van der Waals surface area contributed by atoms with Crippen LogP contribution in [0.1, 0.15) is 17.6 Å². The average Bonchev–Trinajstić information content (AvgIpc) is 3.41. The Bertz CT molecular complexity index is 1400. The van der Waals surface area contributed by atoms with Gasteiger partial charge in [0.2, 0.25) is 10.0 Å². The zero-order chi connectivity index (χ0) is 23.8. The number of benzene rings is 2. The van der Waals surface area contributed by atoms with Gasteiger partial charge in [0.05, 0.1) is 21.7 Å². The van der Waals surface area contributed by atoms with Crippen LogP contribution in [-0.4, -0.2) is 45.6 Å². The third kappa shape index (κ3) is 4.50. The van der Waals surface area contributed by atoms with Crippen molar-refractivity contribution in [2.45, 2.75) is 22.4 Å². The van der Waals surface area contributed by atoms with Crippen molar-refractivity contribution in [1.29, 1.82) is 0 Å². The van der Waals surface area contributed by atoms with Gasteiger partial charge in [-0.2, -0.15) is 11.1 Å². The Morgan fingerprint density at radius 1 is 0.939 bits per heavy atom. The summed E-state index contributed by atoms with van der Waals surface area (Å²) in [5.74, 6) is 0.240. The Morgan fingerprint density at radius 2 is 1.67 bits per heavy atom. The minimum Gasteiger partial charge on any atom is -0.342 e. The van der Waals surface area contributed by atoms with E-state index in [0.29, 0.717) is 35.4 Å². The number of aromatic nitrogens is 2. The maximum atomic E-state index is 12.9. The van der Waals surface area contributed by atoms with Crippen LogP contribution in [-0.2, 0) is 26.3 Å². The minimum absolute atomic E-state index is 0.115. The number of fused-ring (bicyclic) bond motifs is 1.